The van der Waals surface area contributed by atoms with Gasteiger partial charge in [0, 0.05) is 44.1 Å². The maximum absolute atomic E-state index is 12.0. The molecule has 1 heterocycles. The number of nitrogens with zero attached hydrogens (tertiary/aromatic N) is 2. The molecule has 0 aromatic heterocycles. The molecule has 0 amide bonds. The highest BCUT2D eigenvalue weighted by atomic mass is 35.5. The zero-order chi connectivity index (χ0) is 11.3. The average molecular weight is 273 g/mol. The standard InChI is InChI=1S/C8H17ClN2O2S2/c1-10(4-2-3-9)15(12,13)11-5-7-14-8-6-11/h2-8H2,1H3. The van der Waals surface area contributed by atoms with Crippen LogP contribution in [-0.4, -0.2) is 61.1 Å². The Morgan fingerprint density at radius 2 is 2.00 bits per heavy atom. The molecule has 90 valence electrons. The van der Waals surface area contributed by atoms with Crippen molar-refractivity contribution in [3.63, 3.8) is 0 Å². The van der Waals surface area contributed by atoms with Gasteiger partial charge in [0.1, 0.15) is 0 Å². The molecular weight excluding hydrogens is 256 g/mol. The molecule has 0 radical (unpaired) electrons. The zero-order valence-corrected chi connectivity index (χ0v) is 11.2. The molecule has 4 nitrogen and oxygen atoms in total. The summed E-state index contributed by atoms with van der Waals surface area (Å²) in [6, 6.07) is 0. The summed E-state index contributed by atoms with van der Waals surface area (Å²) in [7, 11) is -1.62. The summed E-state index contributed by atoms with van der Waals surface area (Å²) >= 11 is 7.34. The van der Waals surface area contributed by atoms with E-state index in [0.717, 1.165) is 11.5 Å². The van der Waals surface area contributed by atoms with E-state index in [1.54, 1.807) is 23.1 Å². The van der Waals surface area contributed by atoms with E-state index in [4.69, 9.17) is 11.6 Å². The van der Waals surface area contributed by atoms with Crippen molar-refractivity contribution < 1.29 is 8.42 Å². The maximum Gasteiger partial charge on any atom is 0.281 e. The Morgan fingerprint density at radius 3 is 2.53 bits per heavy atom. The van der Waals surface area contributed by atoms with Gasteiger partial charge in [0.25, 0.3) is 10.2 Å². The van der Waals surface area contributed by atoms with E-state index >= 15 is 0 Å². The van der Waals surface area contributed by atoms with Crippen molar-refractivity contribution in [2.75, 3.05) is 44.1 Å². The number of thioether (sulfide) groups is 1. The van der Waals surface area contributed by atoms with Crippen LogP contribution < -0.4 is 0 Å². The fraction of sp³-hybridized carbons (Fsp3) is 1.00. The molecule has 1 saturated heterocycles. The van der Waals surface area contributed by atoms with Crippen LogP contribution in [0, 0.1) is 0 Å². The number of hydrogen-bond acceptors (Lipinski definition) is 3. The lowest BCUT2D eigenvalue weighted by Gasteiger charge is -2.29. The van der Waals surface area contributed by atoms with E-state index in [1.165, 1.54) is 4.31 Å². The Kier molecular flexibility index (Phi) is 5.70. The van der Waals surface area contributed by atoms with E-state index < -0.39 is 10.2 Å². The summed E-state index contributed by atoms with van der Waals surface area (Å²) in [5.41, 5.74) is 0. The summed E-state index contributed by atoms with van der Waals surface area (Å²) in [5.74, 6) is 2.28. The number of rotatable bonds is 5. The van der Waals surface area contributed by atoms with Crippen LogP contribution in [0.25, 0.3) is 0 Å². The van der Waals surface area contributed by atoms with Crippen LogP contribution in [0.1, 0.15) is 6.42 Å². The highest BCUT2D eigenvalue weighted by molar-refractivity contribution is 7.99. The summed E-state index contributed by atoms with van der Waals surface area (Å²) < 4.78 is 26.9. The van der Waals surface area contributed by atoms with E-state index in [-0.39, 0.29) is 0 Å². The fourth-order valence-electron chi connectivity index (χ4n) is 1.37. The van der Waals surface area contributed by atoms with Crippen molar-refractivity contribution >= 4 is 33.6 Å². The van der Waals surface area contributed by atoms with Crippen LogP contribution in [0.5, 0.6) is 0 Å². The van der Waals surface area contributed by atoms with Crippen LogP contribution in [0.15, 0.2) is 0 Å². The van der Waals surface area contributed by atoms with Crippen LogP contribution in [0.2, 0.25) is 0 Å². The monoisotopic (exact) mass is 272 g/mol. The summed E-state index contributed by atoms with van der Waals surface area (Å²) in [6.45, 7) is 1.74. The van der Waals surface area contributed by atoms with E-state index in [9.17, 15) is 8.42 Å². The fourth-order valence-corrected chi connectivity index (χ4v) is 4.02. The normalized spacial score (nSPS) is 19.7. The van der Waals surface area contributed by atoms with Crippen LogP contribution in [0.4, 0.5) is 0 Å². The van der Waals surface area contributed by atoms with Gasteiger partial charge in [-0.1, -0.05) is 0 Å². The molecule has 0 spiro atoms. The van der Waals surface area contributed by atoms with Crippen LogP contribution in [0.3, 0.4) is 0 Å². The minimum atomic E-state index is -3.24. The molecule has 1 fully saturated rings. The molecule has 0 unspecified atom stereocenters. The minimum absolute atomic E-state index is 0.496. The SMILES string of the molecule is CN(CCCCl)S(=O)(=O)N1CCSCC1. The predicted octanol–water partition coefficient (Wildman–Crippen LogP) is 0.841. The molecule has 0 saturated carbocycles. The van der Waals surface area contributed by atoms with Crippen LogP contribution in [-0.2, 0) is 10.2 Å². The third kappa shape index (κ3) is 3.78. The molecule has 0 aromatic rings. The first-order valence-electron chi connectivity index (χ1n) is 4.94. The molecule has 15 heavy (non-hydrogen) atoms. The van der Waals surface area contributed by atoms with Gasteiger partial charge in [-0.15, -0.1) is 11.6 Å². The second-order valence-electron chi connectivity index (χ2n) is 3.38. The molecule has 0 N–H and O–H groups in total. The Bertz CT molecular complexity index is 278. The molecular formula is C8H17ClN2O2S2. The second kappa shape index (κ2) is 6.30. The second-order valence-corrected chi connectivity index (χ2v) is 7.02. The number of halogens is 1. The van der Waals surface area contributed by atoms with Gasteiger partial charge in [0.15, 0.2) is 0 Å². The van der Waals surface area contributed by atoms with Gasteiger partial charge >= 0.3 is 0 Å². The highest BCUT2D eigenvalue weighted by Crippen LogP contribution is 2.15. The first-order chi connectivity index (χ1) is 7.09. The van der Waals surface area contributed by atoms with E-state index in [2.05, 4.69) is 0 Å². The topological polar surface area (TPSA) is 40.6 Å². The Hall–Kier alpha value is 0.510. The van der Waals surface area contributed by atoms with Crippen molar-refractivity contribution in [2.24, 2.45) is 0 Å². The van der Waals surface area contributed by atoms with Crippen molar-refractivity contribution in [2.45, 2.75) is 6.42 Å². The van der Waals surface area contributed by atoms with Crippen molar-refractivity contribution in [3.05, 3.63) is 0 Å². The molecule has 1 aliphatic rings. The van der Waals surface area contributed by atoms with Gasteiger partial charge in [-0.05, 0) is 6.42 Å². The van der Waals surface area contributed by atoms with Gasteiger partial charge in [-0.25, -0.2) is 0 Å². The highest BCUT2D eigenvalue weighted by Gasteiger charge is 2.27. The maximum atomic E-state index is 12.0. The van der Waals surface area contributed by atoms with Gasteiger partial charge < -0.3 is 0 Å². The quantitative estimate of drug-likeness (QED) is 0.697. The lowest BCUT2D eigenvalue weighted by Crippen LogP contribution is -2.45. The van der Waals surface area contributed by atoms with Crippen molar-refractivity contribution in [1.82, 2.24) is 8.61 Å². The van der Waals surface area contributed by atoms with Gasteiger partial charge in [-0.3, -0.25) is 0 Å². The summed E-state index contributed by atoms with van der Waals surface area (Å²) in [4.78, 5) is 0. The van der Waals surface area contributed by atoms with Gasteiger partial charge in [0.05, 0.1) is 0 Å². The third-order valence-corrected chi connectivity index (χ3v) is 5.49. The lowest BCUT2D eigenvalue weighted by molar-refractivity contribution is 0.377. The molecule has 1 rings (SSSR count). The van der Waals surface area contributed by atoms with Crippen molar-refractivity contribution in [1.29, 1.82) is 0 Å². The molecule has 0 aliphatic carbocycles. The molecule has 0 aromatic carbocycles. The van der Waals surface area contributed by atoms with Gasteiger partial charge in [0.2, 0.25) is 0 Å². The molecule has 1 aliphatic heterocycles. The molecule has 7 heteroatoms. The Balaban J connectivity index is 2.55. The third-order valence-electron chi connectivity index (χ3n) is 2.30. The number of hydrogen-bond donors (Lipinski definition) is 0. The van der Waals surface area contributed by atoms with Crippen molar-refractivity contribution in [3.8, 4) is 0 Å². The zero-order valence-electron chi connectivity index (χ0n) is 8.86. The van der Waals surface area contributed by atoms with Crippen LogP contribution >= 0.6 is 23.4 Å². The lowest BCUT2D eigenvalue weighted by atomic mass is 10.5. The largest absolute Gasteiger partial charge is 0.281 e. The Labute approximate surface area is 101 Å². The Morgan fingerprint density at radius 1 is 1.40 bits per heavy atom. The molecule has 0 atom stereocenters. The average Bonchev–Trinajstić information content (AvgIpc) is 2.27. The minimum Gasteiger partial charge on any atom is -0.195 e. The summed E-state index contributed by atoms with van der Waals surface area (Å²) in [6.07, 6.45) is 0.694. The first kappa shape index (κ1) is 13.6. The summed E-state index contributed by atoms with van der Waals surface area (Å²) in [5, 5.41) is 0. The smallest absolute Gasteiger partial charge is 0.195 e. The molecule has 0 bridgehead atoms. The predicted molar refractivity (Wildman–Crippen MR) is 65.8 cm³/mol. The first-order valence-corrected chi connectivity index (χ1v) is 8.03. The van der Waals surface area contributed by atoms with E-state index in [1.807, 2.05) is 0 Å². The number of alkyl halides is 1. The van der Waals surface area contributed by atoms with E-state index in [0.29, 0.717) is 31.9 Å². The van der Waals surface area contributed by atoms with Gasteiger partial charge in [-0.2, -0.15) is 28.8 Å².